The summed E-state index contributed by atoms with van der Waals surface area (Å²) in [6, 6.07) is 6.90. The van der Waals surface area contributed by atoms with Crippen molar-refractivity contribution in [2.75, 3.05) is 26.2 Å². The van der Waals surface area contributed by atoms with Crippen LogP contribution in [-0.4, -0.2) is 41.8 Å². The SMILES string of the molecule is NCC1(O)CCN(CCc2ccccc2F)CC1. The highest BCUT2D eigenvalue weighted by atomic mass is 19.1. The number of halogens is 1. The number of nitrogens with zero attached hydrogens (tertiary/aromatic N) is 1. The maximum absolute atomic E-state index is 13.4. The molecule has 1 saturated heterocycles. The van der Waals surface area contributed by atoms with Crippen LogP contribution in [0.25, 0.3) is 0 Å². The molecule has 0 bridgehead atoms. The zero-order valence-electron chi connectivity index (χ0n) is 10.6. The summed E-state index contributed by atoms with van der Waals surface area (Å²) in [6.45, 7) is 2.83. The van der Waals surface area contributed by atoms with E-state index in [2.05, 4.69) is 4.90 Å². The van der Waals surface area contributed by atoms with Gasteiger partial charge in [-0.25, -0.2) is 4.39 Å². The lowest BCUT2D eigenvalue weighted by Crippen LogP contribution is -2.49. The van der Waals surface area contributed by atoms with Crippen LogP contribution in [0.4, 0.5) is 4.39 Å². The van der Waals surface area contributed by atoms with Crippen molar-refractivity contribution in [2.24, 2.45) is 5.73 Å². The van der Waals surface area contributed by atoms with Crippen LogP contribution in [0.2, 0.25) is 0 Å². The highest BCUT2D eigenvalue weighted by molar-refractivity contribution is 5.17. The second kappa shape index (κ2) is 5.78. The molecule has 1 heterocycles. The molecule has 0 spiro atoms. The predicted octanol–water partition coefficient (Wildman–Crippen LogP) is 1.15. The first-order chi connectivity index (χ1) is 8.63. The van der Waals surface area contributed by atoms with Crippen LogP contribution < -0.4 is 5.73 Å². The number of piperidine rings is 1. The maximum Gasteiger partial charge on any atom is 0.126 e. The molecule has 2 rings (SSSR count). The fraction of sp³-hybridized carbons (Fsp3) is 0.571. The van der Waals surface area contributed by atoms with E-state index in [1.54, 1.807) is 6.07 Å². The van der Waals surface area contributed by atoms with Crippen molar-refractivity contribution >= 4 is 0 Å². The number of benzene rings is 1. The molecule has 1 aromatic rings. The van der Waals surface area contributed by atoms with E-state index in [0.717, 1.165) is 25.2 Å². The molecule has 0 radical (unpaired) electrons. The number of rotatable bonds is 4. The first kappa shape index (κ1) is 13.5. The maximum atomic E-state index is 13.4. The van der Waals surface area contributed by atoms with Crippen molar-refractivity contribution in [2.45, 2.75) is 24.9 Å². The molecule has 1 aliphatic heterocycles. The lowest BCUT2D eigenvalue weighted by Gasteiger charge is -2.37. The molecule has 1 fully saturated rings. The van der Waals surface area contributed by atoms with Gasteiger partial charge in [-0.05, 0) is 30.9 Å². The van der Waals surface area contributed by atoms with Gasteiger partial charge >= 0.3 is 0 Å². The van der Waals surface area contributed by atoms with Crippen molar-refractivity contribution in [3.63, 3.8) is 0 Å². The van der Waals surface area contributed by atoms with Gasteiger partial charge in [-0.1, -0.05) is 18.2 Å². The summed E-state index contributed by atoms with van der Waals surface area (Å²) in [5.74, 6) is -0.132. The summed E-state index contributed by atoms with van der Waals surface area (Å²) in [5, 5.41) is 10.0. The van der Waals surface area contributed by atoms with Gasteiger partial charge in [-0.15, -0.1) is 0 Å². The molecule has 3 nitrogen and oxygen atoms in total. The molecule has 0 saturated carbocycles. The molecule has 1 aliphatic rings. The molecular weight excluding hydrogens is 231 g/mol. The number of hydrogen-bond donors (Lipinski definition) is 2. The summed E-state index contributed by atoms with van der Waals surface area (Å²) in [5.41, 5.74) is 5.62. The Morgan fingerprint density at radius 2 is 1.94 bits per heavy atom. The van der Waals surface area contributed by atoms with E-state index in [1.807, 2.05) is 12.1 Å². The fourth-order valence-electron chi connectivity index (χ4n) is 2.38. The monoisotopic (exact) mass is 252 g/mol. The van der Waals surface area contributed by atoms with E-state index in [4.69, 9.17) is 5.73 Å². The molecule has 0 amide bonds. The summed E-state index contributed by atoms with van der Waals surface area (Å²) < 4.78 is 13.4. The zero-order chi connectivity index (χ0) is 13.0. The van der Waals surface area contributed by atoms with Crippen molar-refractivity contribution < 1.29 is 9.50 Å². The van der Waals surface area contributed by atoms with Gasteiger partial charge in [0.05, 0.1) is 5.60 Å². The van der Waals surface area contributed by atoms with Gasteiger partial charge in [-0.3, -0.25) is 0 Å². The van der Waals surface area contributed by atoms with Crippen LogP contribution in [-0.2, 0) is 6.42 Å². The van der Waals surface area contributed by atoms with Gasteiger partial charge in [0.2, 0.25) is 0 Å². The standard InChI is InChI=1S/C14H21FN2O/c15-13-4-2-1-3-12(13)5-8-17-9-6-14(18,11-16)7-10-17/h1-4,18H,5-11,16H2. The number of likely N-dealkylation sites (tertiary alicyclic amines) is 1. The summed E-state index contributed by atoms with van der Waals surface area (Å²) in [7, 11) is 0. The Hall–Kier alpha value is -0.970. The smallest absolute Gasteiger partial charge is 0.126 e. The predicted molar refractivity (Wildman–Crippen MR) is 69.8 cm³/mol. The van der Waals surface area contributed by atoms with Crippen molar-refractivity contribution in [1.29, 1.82) is 0 Å². The molecule has 4 heteroatoms. The van der Waals surface area contributed by atoms with E-state index < -0.39 is 5.60 Å². The average Bonchev–Trinajstić information content (AvgIpc) is 2.40. The molecule has 0 aliphatic carbocycles. The fourth-order valence-corrected chi connectivity index (χ4v) is 2.38. The van der Waals surface area contributed by atoms with Gasteiger partial charge in [0, 0.05) is 26.2 Å². The molecular formula is C14H21FN2O. The van der Waals surface area contributed by atoms with Gasteiger partial charge in [0.25, 0.3) is 0 Å². The molecule has 0 aromatic heterocycles. The van der Waals surface area contributed by atoms with Crippen molar-refractivity contribution in [3.05, 3.63) is 35.6 Å². The van der Waals surface area contributed by atoms with Crippen LogP contribution >= 0.6 is 0 Å². The van der Waals surface area contributed by atoms with E-state index in [-0.39, 0.29) is 5.82 Å². The molecule has 18 heavy (non-hydrogen) atoms. The van der Waals surface area contributed by atoms with Crippen LogP contribution in [0, 0.1) is 5.82 Å². The Balaban J connectivity index is 1.81. The van der Waals surface area contributed by atoms with Gasteiger partial charge in [0.15, 0.2) is 0 Å². The van der Waals surface area contributed by atoms with Crippen LogP contribution in [0.1, 0.15) is 18.4 Å². The average molecular weight is 252 g/mol. The first-order valence-electron chi connectivity index (χ1n) is 6.51. The van der Waals surface area contributed by atoms with Gasteiger partial charge < -0.3 is 15.7 Å². The normalized spacial score (nSPS) is 19.9. The third kappa shape index (κ3) is 3.28. The van der Waals surface area contributed by atoms with Gasteiger partial charge in [0.1, 0.15) is 5.82 Å². The molecule has 100 valence electrons. The molecule has 0 atom stereocenters. The second-order valence-corrected chi connectivity index (χ2v) is 5.11. The number of nitrogens with two attached hydrogens (primary N) is 1. The second-order valence-electron chi connectivity index (χ2n) is 5.11. The highest BCUT2D eigenvalue weighted by Gasteiger charge is 2.30. The van der Waals surface area contributed by atoms with E-state index in [9.17, 15) is 9.50 Å². The van der Waals surface area contributed by atoms with Crippen LogP contribution in [0.5, 0.6) is 0 Å². The first-order valence-corrected chi connectivity index (χ1v) is 6.51. The van der Waals surface area contributed by atoms with Crippen LogP contribution in [0.3, 0.4) is 0 Å². The zero-order valence-corrected chi connectivity index (χ0v) is 10.6. The minimum atomic E-state index is -0.686. The highest BCUT2D eigenvalue weighted by Crippen LogP contribution is 2.21. The van der Waals surface area contributed by atoms with Crippen molar-refractivity contribution in [3.8, 4) is 0 Å². The van der Waals surface area contributed by atoms with E-state index in [0.29, 0.717) is 25.8 Å². The Labute approximate surface area is 107 Å². The minimum Gasteiger partial charge on any atom is -0.388 e. The van der Waals surface area contributed by atoms with Crippen molar-refractivity contribution in [1.82, 2.24) is 4.90 Å². The topological polar surface area (TPSA) is 49.5 Å². The van der Waals surface area contributed by atoms with E-state index in [1.165, 1.54) is 6.07 Å². The van der Waals surface area contributed by atoms with Crippen LogP contribution in [0.15, 0.2) is 24.3 Å². The Morgan fingerprint density at radius 1 is 1.28 bits per heavy atom. The van der Waals surface area contributed by atoms with Gasteiger partial charge in [-0.2, -0.15) is 0 Å². The Morgan fingerprint density at radius 3 is 2.56 bits per heavy atom. The lowest BCUT2D eigenvalue weighted by atomic mass is 9.91. The number of aliphatic hydroxyl groups is 1. The summed E-state index contributed by atoms with van der Waals surface area (Å²) in [4.78, 5) is 2.26. The third-order valence-electron chi connectivity index (χ3n) is 3.82. The third-order valence-corrected chi connectivity index (χ3v) is 3.82. The Kier molecular flexibility index (Phi) is 4.32. The lowest BCUT2D eigenvalue weighted by molar-refractivity contribution is -0.0131. The quantitative estimate of drug-likeness (QED) is 0.845. The molecule has 0 unspecified atom stereocenters. The minimum absolute atomic E-state index is 0.132. The Bertz CT molecular complexity index is 389. The van der Waals surface area contributed by atoms with E-state index >= 15 is 0 Å². The molecule has 1 aromatic carbocycles. The largest absolute Gasteiger partial charge is 0.388 e. The summed E-state index contributed by atoms with van der Waals surface area (Å²) >= 11 is 0. The number of hydrogen-bond acceptors (Lipinski definition) is 3. The summed E-state index contributed by atoms with van der Waals surface area (Å²) in [6.07, 6.45) is 2.13. The molecule has 3 N–H and O–H groups in total.